The van der Waals surface area contributed by atoms with E-state index in [1.165, 1.54) is 30.6 Å². The molecule has 0 atom stereocenters. The molecule has 2 aliphatic rings. The van der Waals surface area contributed by atoms with Gasteiger partial charge < -0.3 is 14.6 Å². The van der Waals surface area contributed by atoms with E-state index < -0.39 is 0 Å². The van der Waals surface area contributed by atoms with E-state index in [2.05, 4.69) is 20.1 Å². The maximum absolute atomic E-state index is 12.6. The van der Waals surface area contributed by atoms with Crippen molar-refractivity contribution in [1.29, 1.82) is 0 Å². The van der Waals surface area contributed by atoms with Crippen LogP contribution in [0.4, 0.5) is 5.13 Å². The number of nitrogens with one attached hydrogen (secondary N) is 1. The third-order valence-corrected chi connectivity index (χ3v) is 6.21. The van der Waals surface area contributed by atoms with Crippen LogP contribution in [0.5, 0.6) is 0 Å². The Kier molecular flexibility index (Phi) is 4.37. The van der Waals surface area contributed by atoms with Crippen molar-refractivity contribution in [3.8, 4) is 0 Å². The standard InChI is InChI=1S/C17H22N4O2S/c22-14(18-16-20-19-15(24-16)13-4-3-5-13)12-17(6-10-23-11-7-17)21-8-1-2-9-21/h1-2,8-9,13H,3-7,10-12H2,(H,18,20,22). The van der Waals surface area contributed by atoms with Crippen molar-refractivity contribution in [3.63, 3.8) is 0 Å². The predicted molar refractivity (Wildman–Crippen MR) is 92.2 cm³/mol. The van der Waals surface area contributed by atoms with E-state index in [0.29, 0.717) is 30.7 Å². The molecule has 7 heteroatoms. The van der Waals surface area contributed by atoms with E-state index >= 15 is 0 Å². The summed E-state index contributed by atoms with van der Waals surface area (Å²) in [7, 11) is 0. The number of amides is 1. The van der Waals surface area contributed by atoms with Crippen LogP contribution < -0.4 is 5.32 Å². The highest BCUT2D eigenvalue weighted by Gasteiger charge is 2.36. The zero-order chi connectivity index (χ0) is 16.4. The average Bonchev–Trinajstić information content (AvgIpc) is 3.18. The lowest BCUT2D eigenvalue weighted by atomic mass is 9.86. The van der Waals surface area contributed by atoms with Gasteiger partial charge in [0.05, 0.1) is 12.0 Å². The number of carbonyl (C=O) groups is 1. The summed E-state index contributed by atoms with van der Waals surface area (Å²) in [5.41, 5.74) is -0.201. The van der Waals surface area contributed by atoms with Gasteiger partial charge in [-0.15, -0.1) is 10.2 Å². The molecule has 1 aliphatic carbocycles. The van der Waals surface area contributed by atoms with Gasteiger partial charge in [-0.25, -0.2) is 0 Å². The average molecular weight is 346 g/mol. The fraction of sp³-hybridized carbons (Fsp3) is 0.588. The van der Waals surface area contributed by atoms with Gasteiger partial charge in [-0.2, -0.15) is 0 Å². The van der Waals surface area contributed by atoms with Crippen molar-refractivity contribution >= 4 is 22.4 Å². The quantitative estimate of drug-likeness (QED) is 0.903. The molecule has 3 heterocycles. The van der Waals surface area contributed by atoms with Crippen molar-refractivity contribution in [3.05, 3.63) is 29.5 Å². The van der Waals surface area contributed by atoms with E-state index in [1.807, 2.05) is 24.5 Å². The highest BCUT2D eigenvalue weighted by Crippen LogP contribution is 2.39. The van der Waals surface area contributed by atoms with E-state index in [-0.39, 0.29) is 11.4 Å². The van der Waals surface area contributed by atoms with Gasteiger partial charge in [0.1, 0.15) is 5.01 Å². The molecule has 0 unspecified atom stereocenters. The summed E-state index contributed by atoms with van der Waals surface area (Å²) in [6, 6.07) is 4.01. The zero-order valence-corrected chi connectivity index (χ0v) is 14.4. The van der Waals surface area contributed by atoms with E-state index in [9.17, 15) is 4.79 Å². The highest BCUT2D eigenvalue weighted by atomic mass is 32.1. The molecular formula is C17H22N4O2S. The Morgan fingerprint density at radius 2 is 2.04 bits per heavy atom. The van der Waals surface area contributed by atoms with Crippen molar-refractivity contribution in [1.82, 2.24) is 14.8 Å². The summed E-state index contributed by atoms with van der Waals surface area (Å²) >= 11 is 1.52. The van der Waals surface area contributed by atoms with Gasteiger partial charge in [0.15, 0.2) is 0 Å². The van der Waals surface area contributed by atoms with Crippen LogP contribution in [0, 0.1) is 0 Å². The molecule has 6 nitrogen and oxygen atoms in total. The van der Waals surface area contributed by atoms with Gasteiger partial charge in [0.2, 0.25) is 11.0 Å². The Morgan fingerprint density at radius 3 is 2.71 bits per heavy atom. The van der Waals surface area contributed by atoms with Crippen molar-refractivity contribution in [2.24, 2.45) is 0 Å². The van der Waals surface area contributed by atoms with Gasteiger partial charge >= 0.3 is 0 Å². The smallest absolute Gasteiger partial charge is 0.228 e. The Bertz CT molecular complexity index is 687. The lowest BCUT2D eigenvalue weighted by Crippen LogP contribution is -2.42. The fourth-order valence-electron chi connectivity index (χ4n) is 3.50. The molecule has 0 aromatic carbocycles. The van der Waals surface area contributed by atoms with Crippen LogP contribution in [-0.4, -0.2) is 33.9 Å². The molecule has 2 fully saturated rings. The molecule has 0 radical (unpaired) electrons. The SMILES string of the molecule is O=C(CC1(n2cccc2)CCOCC1)Nc1nnc(C2CCC2)s1. The summed E-state index contributed by atoms with van der Waals surface area (Å²) in [6.07, 6.45) is 9.86. The minimum Gasteiger partial charge on any atom is -0.381 e. The van der Waals surface area contributed by atoms with Crippen LogP contribution in [0.1, 0.15) is 49.5 Å². The van der Waals surface area contributed by atoms with E-state index in [4.69, 9.17) is 4.74 Å². The second-order valence-corrected chi connectivity index (χ2v) is 7.73. The topological polar surface area (TPSA) is 69.0 Å². The molecule has 0 spiro atoms. The molecule has 4 rings (SSSR count). The lowest BCUT2D eigenvalue weighted by molar-refractivity contribution is -0.119. The molecule has 2 aromatic rings. The number of aromatic nitrogens is 3. The first-order valence-corrected chi connectivity index (χ1v) is 9.41. The van der Waals surface area contributed by atoms with Crippen molar-refractivity contribution in [2.75, 3.05) is 18.5 Å². The maximum atomic E-state index is 12.6. The highest BCUT2D eigenvalue weighted by molar-refractivity contribution is 7.15. The van der Waals surface area contributed by atoms with Gasteiger partial charge in [0.25, 0.3) is 0 Å². The van der Waals surface area contributed by atoms with Crippen LogP contribution in [0.2, 0.25) is 0 Å². The summed E-state index contributed by atoms with van der Waals surface area (Å²) in [5.74, 6) is 0.553. The first-order chi connectivity index (χ1) is 11.8. The molecule has 24 heavy (non-hydrogen) atoms. The molecule has 1 N–H and O–H groups in total. The van der Waals surface area contributed by atoms with E-state index in [1.54, 1.807) is 0 Å². The van der Waals surface area contributed by atoms with Crippen LogP contribution in [0.25, 0.3) is 0 Å². The summed E-state index contributed by atoms with van der Waals surface area (Å²) < 4.78 is 7.67. The molecule has 128 valence electrons. The largest absolute Gasteiger partial charge is 0.381 e. The Hall–Kier alpha value is -1.73. The number of ether oxygens (including phenoxy) is 1. The van der Waals surface area contributed by atoms with Gasteiger partial charge in [-0.05, 0) is 37.8 Å². The maximum Gasteiger partial charge on any atom is 0.228 e. The van der Waals surface area contributed by atoms with Gasteiger partial charge in [-0.3, -0.25) is 4.79 Å². The molecule has 1 saturated carbocycles. The normalized spacial score (nSPS) is 20.5. The Morgan fingerprint density at radius 1 is 1.29 bits per heavy atom. The molecular weight excluding hydrogens is 324 g/mol. The third kappa shape index (κ3) is 3.10. The molecule has 1 aliphatic heterocycles. The summed E-state index contributed by atoms with van der Waals surface area (Å²) in [5, 5.41) is 13.0. The molecule has 2 aromatic heterocycles. The molecule has 1 saturated heterocycles. The minimum atomic E-state index is -0.201. The van der Waals surface area contributed by atoms with Crippen molar-refractivity contribution < 1.29 is 9.53 Å². The Balaban J connectivity index is 1.44. The lowest BCUT2D eigenvalue weighted by Gasteiger charge is -2.38. The minimum absolute atomic E-state index is 0.00177. The number of carbonyl (C=O) groups excluding carboxylic acids is 1. The second-order valence-electron chi connectivity index (χ2n) is 6.73. The van der Waals surface area contributed by atoms with Gasteiger partial charge in [-0.1, -0.05) is 17.8 Å². The number of anilines is 1. The molecule has 1 amide bonds. The first kappa shape index (κ1) is 15.8. The number of rotatable bonds is 5. The summed E-state index contributed by atoms with van der Waals surface area (Å²) in [6.45, 7) is 1.38. The fourth-order valence-corrected chi connectivity index (χ4v) is 4.42. The number of nitrogens with zero attached hydrogens (tertiary/aromatic N) is 3. The monoisotopic (exact) mass is 346 g/mol. The van der Waals surface area contributed by atoms with Crippen molar-refractivity contribution in [2.45, 2.75) is 50.0 Å². The third-order valence-electron chi connectivity index (χ3n) is 5.21. The van der Waals surface area contributed by atoms with Crippen LogP contribution in [-0.2, 0) is 15.1 Å². The van der Waals surface area contributed by atoms with Crippen LogP contribution in [0.15, 0.2) is 24.5 Å². The number of hydrogen-bond acceptors (Lipinski definition) is 5. The summed E-state index contributed by atoms with van der Waals surface area (Å²) in [4.78, 5) is 12.6. The number of hydrogen-bond donors (Lipinski definition) is 1. The van der Waals surface area contributed by atoms with Gasteiger partial charge in [0, 0.05) is 31.5 Å². The predicted octanol–water partition coefficient (Wildman–Crippen LogP) is 3.14. The Labute approximate surface area is 145 Å². The van der Waals surface area contributed by atoms with E-state index in [0.717, 1.165) is 17.8 Å². The van der Waals surface area contributed by atoms with Crippen LogP contribution in [0.3, 0.4) is 0 Å². The first-order valence-electron chi connectivity index (χ1n) is 8.60. The second kappa shape index (κ2) is 6.64. The zero-order valence-electron chi connectivity index (χ0n) is 13.6. The molecule has 0 bridgehead atoms. The van der Waals surface area contributed by atoms with Crippen LogP contribution >= 0.6 is 11.3 Å².